The maximum Gasteiger partial charge on any atom is 0.167 e. The minimum atomic E-state index is -1.80. The van der Waals surface area contributed by atoms with E-state index in [0.29, 0.717) is 34.8 Å². The molecular weight excluding hydrogens is 588 g/mol. The topological polar surface area (TPSA) is 72.9 Å². The molecule has 11 heteroatoms. The van der Waals surface area contributed by atoms with E-state index in [1.165, 1.54) is 31.4 Å². The number of anilines is 1. The fourth-order valence-corrected chi connectivity index (χ4v) is 6.48. The number of hydrogen-bond acceptors (Lipinski definition) is 6. The highest BCUT2D eigenvalue weighted by atomic mass is 35.5. The van der Waals surface area contributed by atoms with Crippen LogP contribution in [0.3, 0.4) is 0 Å². The third-order valence-electron chi connectivity index (χ3n) is 6.78. The van der Waals surface area contributed by atoms with Crippen molar-refractivity contribution >= 4 is 50.8 Å². The Bertz CT molecular complexity index is 1530. The summed E-state index contributed by atoms with van der Waals surface area (Å²) in [6, 6.07) is 14.3. The Balaban J connectivity index is 1.28. The van der Waals surface area contributed by atoms with Crippen molar-refractivity contribution in [3.05, 3.63) is 76.7 Å². The Morgan fingerprint density at radius 2 is 1.76 bits per heavy atom. The fourth-order valence-electron chi connectivity index (χ4n) is 4.73. The van der Waals surface area contributed by atoms with Crippen LogP contribution in [0.4, 0.5) is 10.1 Å². The molecule has 1 saturated heterocycles. The lowest BCUT2D eigenvalue weighted by Crippen LogP contribution is -2.31. The molecule has 0 spiro atoms. The van der Waals surface area contributed by atoms with Crippen molar-refractivity contribution in [1.29, 1.82) is 0 Å². The summed E-state index contributed by atoms with van der Waals surface area (Å²) in [5.41, 5.74) is 0.896. The van der Waals surface area contributed by atoms with Crippen LogP contribution in [-0.2, 0) is 11.0 Å². The van der Waals surface area contributed by atoms with E-state index < -0.39 is 16.8 Å². The van der Waals surface area contributed by atoms with Gasteiger partial charge in [0, 0.05) is 35.9 Å². The van der Waals surface area contributed by atoms with Crippen LogP contribution in [0.25, 0.3) is 10.9 Å². The molecule has 5 rings (SSSR count). The second kappa shape index (κ2) is 13.7. The average Bonchev–Trinajstić information content (AvgIpc) is 2.97. The molecule has 0 bridgehead atoms. The smallest absolute Gasteiger partial charge is 0.167 e. The molecular formula is C30H30Cl2FN3O4S. The summed E-state index contributed by atoms with van der Waals surface area (Å²) in [4.78, 5) is 7.15. The largest absolute Gasteiger partial charge is 0.493 e. The lowest BCUT2D eigenvalue weighted by atomic mass is 10.1. The minimum Gasteiger partial charge on any atom is -0.493 e. The Hall–Kier alpha value is -3.11. The molecule has 1 atom stereocenters. The van der Waals surface area contributed by atoms with Gasteiger partial charge in [-0.25, -0.2) is 8.60 Å². The van der Waals surface area contributed by atoms with Gasteiger partial charge in [0.2, 0.25) is 0 Å². The van der Waals surface area contributed by atoms with Crippen LogP contribution in [0.15, 0.2) is 65.7 Å². The highest BCUT2D eigenvalue weighted by Crippen LogP contribution is 2.38. The highest BCUT2D eigenvalue weighted by Gasteiger charge is 2.17. The first kappa shape index (κ1) is 29.4. The van der Waals surface area contributed by atoms with Gasteiger partial charge in [-0.1, -0.05) is 35.7 Å². The van der Waals surface area contributed by atoms with Crippen molar-refractivity contribution in [3.63, 3.8) is 0 Å². The van der Waals surface area contributed by atoms with E-state index in [1.807, 2.05) is 0 Å². The average molecular weight is 619 g/mol. The van der Waals surface area contributed by atoms with Crippen molar-refractivity contribution in [2.75, 3.05) is 38.1 Å². The van der Waals surface area contributed by atoms with E-state index in [1.54, 1.807) is 55.8 Å². The summed E-state index contributed by atoms with van der Waals surface area (Å²) in [5, 5.41) is 1.13. The number of fused-ring (bicyclic) bond motifs is 1. The zero-order valence-corrected chi connectivity index (χ0v) is 24.8. The molecule has 2 heterocycles. The molecule has 1 aromatic heterocycles. The number of methoxy groups -OCH3 is 1. The van der Waals surface area contributed by atoms with Gasteiger partial charge in [-0.05, 0) is 68.8 Å². The van der Waals surface area contributed by atoms with Crippen molar-refractivity contribution in [3.8, 4) is 23.0 Å². The summed E-state index contributed by atoms with van der Waals surface area (Å²) in [6.45, 7) is 3.88. The van der Waals surface area contributed by atoms with Crippen LogP contribution >= 0.6 is 23.2 Å². The molecule has 0 amide bonds. The number of likely N-dealkylation sites (tertiary alicyclic amines) is 1. The monoisotopic (exact) mass is 617 g/mol. The third-order valence-corrected chi connectivity index (χ3v) is 8.86. The van der Waals surface area contributed by atoms with Gasteiger partial charge in [-0.3, -0.25) is 4.98 Å². The molecule has 1 unspecified atom stereocenters. The first-order chi connectivity index (χ1) is 19.9. The van der Waals surface area contributed by atoms with Crippen LogP contribution in [0.2, 0.25) is 10.0 Å². The Kier molecular flexibility index (Phi) is 9.82. The molecule has 0 saturated carbocycles. The van der Waals surface area contributed by atoms with Crippen LogP contribution in [0, 0.1) is 5.82 Å². The molecule has 216 valence electrons. The molecule has 0 radical (unpaired) electrons. The highest BCUT2D eigenvalue weighted by molar-refractivity contribution is 7.86. The van der Waals surface area contributed by atoms with E-state index in [4.69, 9.17) is 37.4 Å². The number of halogens is 3. The molecule has 1 fully saturated rings. The van der Waals surface area contributed by atoms with Gasteiger partial charge >= 0.3 is 0 Å². The molecule has 4 aromatic rings. The zero-order chi connectivity index (χ0) is 28.8. The van der Waals surface area contributed by atoms with Gasteiger partial charge in [0.05, 0.1) is 34.2 Å². The van der Waals surface area contributed by atoms with E-state index in [2.05, 4.69) is 14.6 Å². The van der Waals surface area contributed by atoms with Crippen LogP contribution in [0.1, 0.15) is 25.7 Å². The van der Waals surface area contributed by atoms with Crippen LogP contribution < -0.4 is 18.9 Å². The molecule has 3 aromatic carbocycles. The Morgan fingerprint density at radius 3 is 2.49 bits per heavy atom. The maximum absolute atomic E-state index is 15.1. The van der Waals surface area contributed by atoms with Crippen LogP contribution in [0.5, 0.6) is 23.0 Å². The number of nitrogens with one attached hydrogen (secondary N) is 1. The molecule has 1 aliphatic rings. The van der Waals surface area contributed by atoms with E-state index in [9.17, 15) is 4.21 Å². The second-order valence-corrected chi connectivity index (χ2v) is 11.6. The van der Waals surface area contributed by atoms with Crippen molar-refractivity contribution < 1.29 is 22.8 Å². The summed E-state index contributed by atoms with van der Waals surface area (Å²) in [6.07, 6.45) is 6.35. The number of nitrogens with zero attached hydrogens (tertiary/aromatic N) is 2. The first-order valence-corrected chi connectivity index (χ1v) is 15.3. The van der Waals surface area contributed by atoms with E-state index in [-0.39, 0.29) is 26.4 Å². The normalized spacial score (nSPS) is 14.5. The van der Waals surface area contributed by atoms with E-state index in [0.717, 1.165) is 26.1 Å². The van der Waals surface area contributed by atoms with Gasteiger partial charge in [0.25, 0.3) is 0 Å². The molecule has 1 N–H and O–H groups in total. The lowest BCUT2D eigenvalue weighted by molar-refractivity contribution is 0.203. The standard InChI is InChI=1S/C30H30Cl2FN3O4S/c1-38-28-18-21-25(19-29(28)39-16-6-15-36-13-3-2-4-14-36)34-12-11-26(21)40-27-10-9-20(17-24(27)33)35-41(37)30-22(31)7-5-8-23(30)32/h5,7-12,17-19,35H,2-4,6,13-16H2,1H3. The van der Waals surface area contributed by atoms with Gasteiger partial charge < -0.3 is 23.8 Å². The maximum atomic E-state index is 15.1. The van der Waals surface area contributed by atoms with Gasteiger partial charge in [0.15, 0.2) is 34.1 Å². The predicted molar refractivity (Wildman–Crippen MR) is 162 cm³/mol. The van der Waals surface area contributed by atoms with Crippen molar-refractivity contribution in [2.24, 2.45) is 0 Å². The van der Waals surface area contributed by atoms with Gasteiger partial charge in [-0.2, -0.15) is 0 Å². The van der Waals surface area contributed by atoms with Crippen molar-refractivity contribution in [2.45, 2.75) is 30.6 Å². The van der Waals surface area contributed by atoms with Gasteiger partial charge in [-0.15, -0.1) is 0 Å². The number of ether oxygens (including phenoxy) is 3. The van der Waals surface area contributed by atoms with E-state index >= 15 is 4.39 Å². The predicted octanol–water partition coefficient (Wildman–Crippen LogP) is 7.87. The quantitative estimate of drug-likeness (QED) is 0.173. The van der Waals surface area contributed by atoms with Crippen molar-refractivity contribution in [1.82, 2.24) is 9.88 Å². The summed E-state index contributed by atoms with van der Waals surface area (Å²) in [7, 11) is -0.225. The number of piperidine rings is 1. The molecule has 7 nitrogen and oxygen atoms in total. The zero-order valence-electron chi connectivity index (χ0n) is 22.5. The van der Waals surface area contributed by atoms with Crippen LogP contribution in [-0.4, -0.2) is 47.4 Å². The van der Waals surface area contributed by atoms with Gasteiger partial charge in [0.1, 0.15) is 5.75 Å². The third kappa shape index (κ3) is 7.22. The Labute approximate surface area is 251 Å². The SMILES string of the molecule is COc1cc2c(Oc3ccc(NS(=O)c4c(Cl)cccc4Cl)cc3F)ccnc2cc1OCCCN1CCCCC1. The molecule has 41 heavy (non-hydrogen) atoms. The fraction of sp³-hybridized carbons (Fsp3) is 0.300. The number of aromatic nitrogens is 1. The summed E-state index contributed by atoms with van der Waals surface area (Å²) in [5.74, 6) is 0.867. The first-order valence-electron chi connectivity index (χ1n) is 13.3. The molecule has 0 aliphatic carbocycles. The lowest BCUT2D eigenvalue weighted by Gasteiger charge is -2.26. The number of pyridine rings is 1. The summed E-state index contributed by atoms with van der Waals surface area (Å²) < 4.78 is 48.2. The summed E-state index contributed by atoms with van der Waals surface area (Å²) >= 11 is 12.3. The number of benzene rings is 3. The minimum absolute atomic E-state index is 0.0124. The Morgan fingerprint density at radius 1 is 0.976 bits per heavy atom. The second-order valence-electron chi connectivity index (χ2n) is 9.60. The molecule has 1 aliphatic heterocycles. The number of rotatable bonds is 11. The number of hydrogen-bond donors (Lipinski definition) is 1.